The number of ether oxygens (including phenoxy) is 2. The van der Waals surface area contributed by atoms with Crippen molar-refractivity contribution in [3.63, 3.8) is 0 Å². The van der Waals surface area contributed by atoms with Crippen LogP contribution >= 0.6 is 0 Å². The van der Waals surface area contributed by atoms with Crippen LogP contribution in [-0.4, -0.2) is 70.2 Å². The van der Waals surface area contributed by atoms with Crippen molar-refractivity contribution < 1.29 is 14.3 Å². The van der Waals surface area contributed by atoms with Crippen LogP contribution in [0.15, 0.2) is 36.4 Å². The van der Waals surface area contributed by atoms with Crippen molar-refractivity contribution in [3.8, 4) is 17.1 Å². The van der Waals surface area contributed by atoms with Crippen LogP contribution in [0.3, 0.4) is 0 Å². The van der Waals surface area contributed by atoms with Gasteiger partial charge in [0.25, 0.3) is 5.91 Å². The largest absolute Gasteiger partial charge is 0.470 e. The number of fused-ring (bicyclic) bond motifs is 1. The third-order valence-corrected chi connectivity index (χ3v) is 6.41. The topological polar surface area (TPSA) is 115 Å². The average molecular weight is 477 g/mol. The fourth-order valence-electron chi connectivity index (χ4n) is 4.72. The molecule has 2 aliphatic rings. The molecule has 184 valence electrons. The molecule has 2 aromatic heterocycles. The number of anilines is 1. The smallest absolute Gasteiger partial charge is 0.251 e. The molecule has 2 fully saturated rings. The van der Waals surface area contributed by atoms with Gasteiger partial charge in [-0.05, 0) is 64.0 Å². The van der Waals surface area contributed by atoms with E-state index in [2.05, 4.69) is 34.0 Å². The number of likely N-dealkylation sites (tertiary alicyclic amines) is 1. The van der Waals surface area contributed by atoms with Crippen LogP contribution < -0.4 is 15.8 Å². The zero-order valence-electron chi connectivity index (χ0n) is 20.3. The standard InChI is InChI=1S/C26H32N6O3/c1-26(2,16-32-12-3-4-13-32)31-23(33)18-7-5-17(6-8-18)20-9-10-21-22(28-20)24(30-25(27)29-21)35-19-11-14-34-15-19/h5-10,19H,3-4,11-16H2,1-2H3,(H,31,33)(H2,27,29,30). The molecule has 0 saturated carbocycles. The number of rotatable bonds is 7. The number of pyridine rings is 1. The van der Waals surface area contributed by atoms with E-state index in [1.54, 1.807) is 0 Å². The van der Waals surface area contributed by atoms with E-state index in [9.17, 15) is 4.79 Å². The second kappa shape index (κ2) is 9.75. The lowest BCUT2D eigenvalue weighted by Crippen LogP contribution is -2.50. The molecule has 1 amide bonds. The predicted octanol–water partition coefficient (Wildman–Crippen LogP) is 3.05. The van der Waals surface area contributed by atoms with E-state index >= 15 is 0 Å². The maximum atomic E-state index is 12.9. The minimum atomic E-state index is -0.303. The van der Waals surface area contributed by atoms with Crippen LogP contribution in [0.5, 0.6) is 5.88 Å². The van der Waals surface area contributed by atoms with E-state index in [-0.39, 0.29) is 23.5 Å². The molecule has 35 heavy (non-hydrogen) atoms. The summed E-state index contributed by atoms with van der Waals surface area (Å²) in [5.74, 6) is 0.427. The molecule has 5 rings (SSSR count). The van der Waals surface area contributed by atoms with Crippen LogP contribution in [0, 0.1) is 0 Å². The van der Waals surface area contributed by atoms with E-state index in [4.69, 9.17) is 20.2 Å². The number of carbonyl (C=O) groups excluding carboxylic acids is 1. The molecule has 1 atom stereocenters. The molecule has 1 aromatic carbocycles. The van der Waals surface area contributed by atoms with Crippen LogP contribution in [-0.2, 0) is 4.74 Å². The molecule has 2 aliphatic heterocycles. The Morgan fingerprint density at radius 2 is 1.91 bits per heavy atom. The highest BCUT2D eigenvalue weighted by molar-refractivity contribution is 5.95. The highest BCUT2D eigenvalue weighted by Crippen LogP contribution is 2.28. The molecular formula is C26H32N6O3. The molecule has 9 nitrogen and oxygen atoms in total. The van der Waals surface area contributed by atoms with Gasteiger partial charge >= 0.3 is 0 Å². The van der Waals surface area contributed by atoms with Crippen LogP contribution in [0.2, 0.25) is 0 Å². The summed E-state index contributed by atoms with van der Waals surface area (Å²) >= 11 is 0. The third kappa shape index (κ3) is 5.52. The first-order valence-electron chi connectivity index (χ1n) is 12.2. The van der Waals surface area contributed by atoms with Crippen molar-refractivity contribution in [2.45, 2.75) is 44.8 Å². The Balaban J connectivity index is 1.33. The lowest BCUT2D eigenvalue weighted by Gasteiger charge is -2.31. The zero-order chi connectivity index (χ0) is 24.4. The summed E-state index contributed by atoms with van der Waals surface area (Å²) in [6.07, 6.45) is 3.18. The molecule has 3 aromatic rings. The molecular weight excluding hydrogens is 444 g/mol. The van der Waals surface area contributed by atoms with Gasteiger partial charge in [-0.15, -0.1) is 0 Å². The number of nitrogens with zero attached hydrogens (tertiary/aromatic N) is 4. The van der Waals surface area contributed by atoms with E-state index in [1.807, 2.05) is 36.4 Å². The van der Waals surface area contributed by atoms with Gasteiger partial charge in [-0.25, -0.2) is 9.97 Å². The summed E-state index contributed by atoms with van der Waals surface area (Å²) in [5, 5.41) is 3.18. The summed E-state index contributed by atoms with van der Waals surface area (Å²) in [4.78, 5) is 28.6. The minimum Gasteiger partial charge on any atom is -0.470 e. The van der Waals surface area contributed by atoms with Gasteiger partial charge in [0.2, 0.25) is 11.8 Å². The molecule has 0 bridgehead atoms. The van der Waals surface area contributed by atoms with Crippen molar-refractivity contribution in [1.82, 2.24) is 25.2 Å². The maximum absolute atomic E-state index is 12.9. The van der Waals surface area contributed by atoms with E-state index < -0.39 is 0 Å². The Morgan fingerprint density at radius 1 is 1.14 bits per heavy atom. The van der Waals surface area contributed by atoms with Gasteiger partial charge in [0, 0.05) is 29.6 Å². The molecule has 0 aliphatic carbocycles. The molecule has 1 unspecified atom stereocenters. The van der Waals surface area contributed by atoms with E-state index in [0.29, 0.717) is 35.7 Å². The Hall–Kier alpha value is -3.30. The van der Waals surface area contributed by atoms with Gasteiger partial charge in [-0.3, -0.25) is 4.79 Å². The molecule has 4 heterocycles. The summed E-state index contributed by atoms with van der Waals surface area (Å²) in [6, 6.07) is 11.2. The summed E-state index contributed by atoms with van der Waals surface area (Å²) in [5.41, 5.74) is 8.98. The Bertz CT molecular complexity index is 1200. The number of aromatic nitrogens is 3. The predicted molar refractivity (Wildman–Crippen MR) is 134 cm³/mol. The Kier molecular flexibility index (Phi) is 6.53. The van der Waals surface area contributed by atoms with Crippen molar-refractivity contribution >= 4 is 22.9 Å². The summed E-state index contributed by atoms with van der Waals surface area (Å²) in [7, 11) is 0. The second-order valence-corrected chi connectivity index (χ2v) is 9.95. The lowest BCUT2D eigenvalue weighted by atomic mass is 10.0. The Morgan fingerprint density at radius 3 is 2.63 bits per heavy atom. The normalized spacial score (nSPS) is 18.7. The number of hydrogen-bond acceptors (Lipinski definition) is 8. The van der Waals surface area contributed by atoms with Crippen LogP contribution in [0.25, 0.3) is 22.3 Å². The number of amides is 1. The summed E-state index contributed by atoms with van der Waals surface area (Å²) < 4.78 is 11.4. The number of nitrogens with one attached hydrogen (secondary N) is 1. The van der Waals surface area contributed by atoms with E-state index in [1.165, 1.54) is 12.8 Å². The van der Waals surface area contributed by atoms with Gasteiger partial charge in [0.15, 0.2) is 5.52 Å². The molecule has 0 spiro atoms. The molecule has 9 heteroatoms. The number of carbonyl (C=O) groups is 1. The first-order valence-corrected chi connectivity index (χ1v) is 12.2. The number of benzene rings is 1. The van der Waals surface area contributed by atoms with Gasteiger partial charge in [0.1, 0.15) is 6.10 Å². The minimum absolute atomic E-state index is 0.0782. The lowest BCUT2D eigenvalue weighted by molar-refractivity contribution is 0.0894. The first kappa shape index (κ1) is 23.4. The van der Waals surface area contributed by atoms with Gasteiger partial charge in [-0.2, -0.15) is 4.98 Å². The number of hydrogen-bond donors (Lipinski definition) is 2. The van der Waals surface area contributed by atoms with Crippen LogP contribution in [0.1, 0.15) is 43.5 Å². The Labute approximate surface area is 205 Å². The fourth-order valence-corrected chi connectivity index (χ4v) is 4.72. The molecule has 0 radical (unpaired) electrons. The van der Waals surface area contributed by atoms with Crippen molar-refractivity contribution in [2.75, 3.05) is 38.6 Å². The van der Waals surface area contributed by atoms with Crippen molar-refractivity contribution in [1.29, 1.82) is 0 Å². The fraction of sp³-hybridized carbons (Fsp3) is 0.462. The summed E-state index contributed by atoms with van der Waals surface area (Å²) in [6.45, 7) is 8.38. The molecule has 3 N–H and O–H groups in total. The monoisotopic (exact) mass is 476 g/mol. The highest BCUT2D eigenvalue weighted by atomic mass is 16.5. The number of nitrogens with two attached hydrogens (primary N) is 1. The van der Waals surface area contributed by atoms with E-state index in [0.717, 1.165) is 37.3 Å². The van der Waals surface area contributed by atoms with Gasteiger partial charge in [0.05, 0.1) is 24.4 Å². The maximum Gasteiger partial charge on any atom is 0.251 e. The van der Waals surface area contributed by atoms with Gasteiger partial charge in [-0.1, -0.05) is 12.1 Å². The van der Waals surface area contributed by atoms with Crippen molar-refractivity contribution in [3.05, 3.63) is 42.0 Å². The highest BCUT2D eigenvalue weighted by Gasteiger charge is 2.26. The van der Waals surface area contributed by atoms with Crippen molar-refractivity contribution in [2.24, 2.45) is 0 Å². The van der Waals surface area contributed by atoms with Gasteiger partial charge < -0.3 is 25.4 Å². The molecule has 2 saturated heterocycles. The SMILES string of the molecule is CC(C)(CN1CCCC1)NC(=O)c1ccc(-c2ccc3nc(N)nc(OC4CCOC4)c3n2)cc1. The van der Waals surface area contributed by atoms with Crippen LogP contribution in [0.4, 0.5) is 5.95 Å². The number of nitrogen functional groups attached to an aromatic ring is 1. The first-order chi connectivity index (χ1) is 16.9. The third-order valence-electron chi connectivity index (χ3n) is 6.41. The second-order valence-electron chi connectivity index (χ2n) is 9.95. The zero-order valence-corrected chi connectivity index (χ0v) is 20.3. The quantitative estimate of drug-likeness (QED) is 0.535. The average Bonchev–Trinajstić information content (AvgIpc) is 3.53.